The van der Waals surface area contributed by atoms with E-state index in [9.17, 15) is 4.79 Å². The van der Waals surface area contributed by atoms with E-state index in [1.54, 1.807) is 18.0 Å². The monoisotopic (exact) mass is 345 g/mol. The molecule has 3 rings (SSSR count). The van der Waals surface area contributed by atoms with E-state index in [0.717, 1.165) is 21.3 Å². The number of ether oxygens (including phenoxy) is 1. The maximum absolute atomic E-state index is 12.2. The first-order valence-corrected chi connectivity index (χ1v) is 8.32. The largest absolute Gasteiger partial charge is 0.380 e. The van der Waals surface area contributed by atoms with E-state index in [4.69, 9.17) is 4.74 Å². The highest BCUT2D eigenvalue weighted by atomic mass is 32.1. The van der Waals surface area contributed by atoms with Gasteiger partial charge in [-0.3, -0.25) is 10.00 Å². The molecule has 0 aliphatic rings. The molecule has 2 heterocycles. The number of amides is 2. The number of urea groups is 1. The van der Waals surface area contributed by atoms with Gasteiger partial charge in [-0.25, -0.2) is 9.78 Å². The first-order valence-electron chi connectivity index (χ1n) is 7.50. The number of nitrogens with zero attached hydrogens (tertiary/aromatic N) is 3. The zero-order chi connectivity index (χ0) is 17.1. The molecule has 0 saturated heterocycles. The Kier molecular flexibility index (Phi) is 4.77. The van der Waals surface area contributed by atoms with Crippen LogP contribution in [0.25, 0.3) is 10.2 Å². The third-order valence-electron chi connectivity index (χ3n) is 3.60. The Balaban J connectivity index is 1.70. The van der Waals surface area contributed by atoms with Crippen LogP contribution in [0.1, 0.15) is 24.1 Å². The molecule has 7 nitrogen and oxygen atoms in total. The summed E-state index contributed by atoms with van der Waals surface area (Å²) in [5, 5.41) is 10.3. The second-order valence-electron chi connectivity index (χ2n) is 5.48. The van der Waals surface area contributed by atoms with Crippen molar-refractivity contribution in [2.75, 3.05) is 12.4 Å². The molecule has 0 fully saturated rings. The average Bonchev–Trinajstić information content (AvgIpc) is 3.13. The molecule has 3 aromatic rings. The normalized spacial score (nSPS) is 12.3. The van der Waals surface area contributed by atoms with Crippen LogP contribution in [0, 0.1) is 0 Å². The number of rotatable bonds is 5. The van der Waals surface area contributed by atoms with Crippen LogP contribution >= 0.6 is 11.3 Å². The SMILES string of the molecule is COCc1cccc2sc(NC(=O)NC(C)c3cnn(C)c3)nc12. The fraction of sp³-hybridized carbons (Fsp3) is 0.312. The van der Waals surface area contributed by atoms with Crippen molar-refractivity contribution >= 4 is 32.7 Å². The molecule has 0 bridgehead atoms. The van der Waals surface area contributed by atoms with Gasteiger partial charge in [0.25, 0.3) is 0 Å². The maximum Gasteiger partial charge on any atom is 0.321 e. The smallest absolute Gasteiger partial charge is 0.321 e. The second kappa shape index (κ2) is 6.98. The van der Waals surface area contributed by atoms with Crippen LogP contribution in [0.5, 0.6) is 0 Å². The van der Waals surface area contributed by atoms with Crippen molar-refractivity contribution in [3.8, 4) is 0 Å². The maximum atomic E-state index is 12.2. The molecule has 2 amide bonds. The van der Waals surface area contributed by atoms with Gasteiger partial charge in [0.05, 0.1) is 29.1 Å². The first kappa shape index (κ1) is 16.4. The number of aryl methyl sites for hydroxylation is 1. The van der Waals surface area contributed by atoms with Crippen LogP contribution in [-0.4, -0.2) is 27.9 Å². The lowest BCUT2D eigenvalue weighted by molar-refractivity contribution is 0.186. The number of para-hydroxylation sites is 1. The standard InChI is InChI=1S/C16H19N5O2S/c1-10(12-7-17-21(2)8-12)18-15(22)20-16-19-14-11(9-23-3)5-4-6-13(14)24-16/h4-8,10H,9H2,1-3H3,(H2,18,19,20,22). The van der Waals surface area contributed by atoms with E-state index in [0.29, 0.717) is 11.7 Å². The Labute approximate surface area is 143 Å². The highest BCUT2D eigenvalue weighted by Gasteiger charge is 2.14. The number of fused-ring (bicyclic) bond motifs is 1. The average molecular weight is 345 g/mol. The van der Waals surface area contributed by atoms with Crippen molar-refractivity contribution < 1.29 is 9.53 Å². The molecule has 1 unspecified atom stereocenters. The third kappa shape index (κ3) is 3.55. The quantitative estimate of drug-likeness (QED) is 0.745. The number of benzene rings is 1. The number of nitrogens with one attached hydrogen (secondary N) is 2. The predicted molar refractivity (Wildman–Crippen MR) is 94.1 cm³/mol. The summed E-state index contributed by atoms with van der Waals surface area (Å²) in [5.41, 5.74) is 2.81. The zero-order valence-corrected chi connectivity index (χ0v) is 14.6. The van der Waals surface area contributed by atoms with Crippen LogP contribution in [0.3, 0.4) is 0 Å². The highest BCUT2D eigenvalue weighted by Crippen LogP contribution is 2.28. The summed E-state index contributed by atoms with van der Waals surface area (Å²) in [7, 11) is 3.49. The lowest BCUT2D eigenvalue weighted by Gasteiger charge is -2.11. The lowest BCUT2D eigenvalue weighted by Crippen LogP contribution is -2.30. The third-order valence-corrected chi connectivity index (χ3v) is 4.53. The Hall–Kier alpha value is -2.45. The van der Waals surface area contributed by atoms with Gasteiger partial charge in [-0.2, -0.15) is 5.10 Å². The number of methoxy groups -OCH3 is 1. The molecule has 0 spiro atoms. The fourth-order valence-electron chi connectivity index (χ4n) is 2.41. The summed E-state index contributed by atoms with van der Waals surface area (Å²) in [6.07, 6.45) is 3.61. The molecule has 0 aliphatic heterocycles. The minimum atomic E-state index is -0.293. The lowest BCUT2D eigenvalue weighted by atomic mass is 10.2. The summed E-state index contributed by atoms with van der Waals surface area (Å²) < 4.78 is 7.91. The van der Waals surface area contributed by atoms with Crippen molar-refractivity contribution in [3.63, 3.8) is 0 Å². The summed E-state index contributed by atoms with van der Waals surface area (Å²) in [6.45, 7) is 2.40. The van der Waals surface area contributed by atoms with E-state index < -0.39 is 0 Å². The fourth-order valence-corrected chi connectivity index (χ4v) is 3.32. The van der Waals surface area contributed by atoms with Crippen molar-refractivity contribution in [2.45, 2.75) is 19.6 Å². The van der Waals surface area contributed by atoms with Crippen molar-refractivity contribution in [1.29, 1.82) is 0 Å². The molecule has 1 atom stereocenters. The van der Waals surface area contributed by atoms with E-state index in [-0.39, 0.29) is 12.1 Å². The van der Waals surface area contributed by atoms with Crippen LogP contribution in [-0.2, 0) is 18.4 Å². The van der Waals surface area contributed by atoms with Gasteiger partial charge in [-0.05, 0) is 13.0 Å². The number of hydrogen-bond acceptors (Lipinski definition) is 5. The molecule has 2 aromatic heterocycles. The van der Waals surface area contributed by atoms with Crippen LogP contribution in [0.4, 0.5) is 9.93 Å². The van der Waals surface area contributed by atoms with Crippen molar-refractivity contribution in [2.24, 2.45) is 7.05 Å². The van der Waals surface area contributed by atoms with Gasteiger partial charge in [-0.1, -0.05) is 23.5 Å². The summed E-state index contributed by atoms with van der Waals surface area (Å²) >= 11 is 1.44. The van der Waals surface area contributed by atoms with Gasteiger partial charge in [0.1, 0.15) is 0 Å². The summed E-state index contributed by atoms with van der Waals surface area (Å²) in [6, 6.07) is 5.48. The van der Waals surface area contributed by atoms with Crippen LogP contribution in [0.2, 0.25) is 0 Å². The topological polar surface area (TPSA) is 81.1 Å². The minimum Gasteiger partial charge on any atom is -0.380 e. The Morgan fingerprint density at radius 1 is 1.46 bits per heavy atom. The van der Waals surface area contributed by atoms with Crippen LogP contribution in [0.15, 0.2) is 30.6 Å². The Morgan fingerprint density at radius 3 is 3.00 bits per heavy atom. The van der Waals surface area contributed by atoms with Crippen LogP contribution < -0.4 is 10.6 Å². The highest BCUT2D eigenvalue weighted by molar-refractivity contribution is 7.22. The Morgan fingerprint density at radius 2 is 2.29 bits per heavy atom. The van der Waals surface area contributed by atoms with Gasteiger partial charge in [-0.15, -0.1) is 0 Å². The van der Waals surface area contributed by atoms with E-state index in [2.05, 4.69) is 20.7 Å². The molecule has 0 aliphatic carbocycles. The summed E-state index contributed by atoms with van der Waals surface area (Å²) in [5.74, 6) is 0. The van der Waals surface area contributed by atoms with E-state index >= 15 is 0 Å². The molecule has 126 valence electrons. The molecule has 24 heavy (non-hydrogen) atoms. The molecular weight excluding hydrogens is 326 g/mol. The molecule has 1 aromatic carbocycles. The Bertz CT molecular complexity index is 857. The summed E-state index contributed by atoms with van der Waals surface area (Å²) in [4.78, 5) is 16.7. The molecular formula is C16H19N5O2S. The number of anilines is 1. The van der Waals surface area contributed by atoms with Gasteiger partial charge in [0.15, 0.2) is 5.13 Å². The number of carbonyl (C=O) groups is 1. The van der Waals surface area contributed by atoms with E-state index in [1.807, 2.05) is 38.4 Å². The molecule has 2 N–H and O–H groups in total. The van der Waals surface area contributed by atoms with Gasteiger partial charge >= 0.3 is 6.03 Å². The molecule has 0 radical (unpaired) electrons. The van der Waals surface area contributed by atoms with Gasteiger partial charge in [0, 0.05) is 31.5 Å². The van der Waals surface area contributed by atoms with Gasteiger partial charge in [0.2, 0.25) is 0 Å². The zero-order valence-electron chi connectivity index (χ0n) is 13.7. The minimum absolute atomic E-state index is 0.142. The van der Waals surface area contributed by atoms with Crippen molar-refractivity contribution in [1.82, 2.24) is 20.1 Å². The van der Waals surface area contributed by atoms with Gasteiger partial charge < -0.3 is 10.1 Å². The predicted octanol–water partition coefficient (Wildman–Crippen LogP) is 3.06. The number of thiazole rings is 1. The van der Waals surface area contributed by atoms with E-state index in [1.165, 1.54) is 11.3 Å². The number of aromatic nitrogens is 3. The molecule has 0 saturated carbocycles. The van der Waals surface area contributed by atoms with Crippen molar-refractivity contribution in [3.05, 3.63) is 41.7 Å². The first-order chi connectivity index (χ1) is 11.6. The number of hydrogen-bond donors (Lipinski definition) is 2. The number of carbonyl (C=O) groups excluding carboxylic acids is 1. The second-order valence-corrected chi connectivity index (χ2v) is 6.51. The molecule has 8 heteroatoms.